The van der Waals surface area contributed by atoms with Gasteiger partial charge in [0.1, 0.15) is 0 Å². The highest BCUT2D eigenvalue weighted by atomic mass is 16.2. The van der Waals surface area contributed by atoms with E-state index in [9.17, 15) is 9.59 Å². The summed E-state index contributed by atoms with van der Waals surface area (Å²) in [5, 5.41) is 5.98. The van der Waals surface area contributed by atoms with E-state index in [1.807, 2.05) is 11.9 Å². The van der Waals surface area contributed by atoms with E-state index >= 15 is 0 Å². The smallest absolute Gasteiger partial charge is 0.314 e. The number of rotatable bonds is 40. The largest absolute Gasteiger partial charge is 0.346 e. The van der Waals surface area contributed by atoms with Crippen LogP contribution < -0.4 is 10.6 Å². The molecule has 0 spiro atoms. The van der Waals surface area contributed by atoms with Gasteiger partial charge in [0.2, 0.25) is 5.91 Å². The number of nitrogens with zero attached hydrogens (tertiary/aromatic N) is 1. The second-order valence-corrected chi connectivity index (χ2v) is 15.4. The van der Waals surface area contributed by atoms with Crippen LogP contribution in [0.2, 0.25) is 0 Å². The normalized spacial score (nSPS) is 11.2. The molecule has 0 aromatic rings. The first-order valence-electron chi connectivity index (χ1n) is 22.4. The predicted molar refractivity (Wildman–Crippen MR) is 217 cm³/mol. The SMILES string of the molecule is CCCCCCCCCCCCCCCCCCNC(=O)NCCCCCC(=O)N(C)CCCCCCCCCCCCCCCCCC. The molecule has 2 N–H and O–H groups in total. The molecule has 0 rings (SSSR count). The van der Waals surface area contributed by atoms with Crippen molar-refractivity contribution in [2.24, 2.45) is 0 Å². The molecule has 0 saturated heterocycles. The van der Waals surface area contributed by atoms with Crippen molar-refractivity contribution in [3.8, 4) is 0 Å². The molecule has 5 heteroatoms. The number of hydrogen-bond donors (Lipinski definition) is 2. The molecule has 0 aliphatic heterocycles. The minimum absolute atomic E-state index is 0.0458. The number of urea groups is 1. The van der Waals surface area contributed by atoms with Gasteiger partial charge in [-0.3, -0.25) is 4.79 Å². The molecule has 0 bridgehead atoms. The molecule has 3 amide bonds. The third kappa shape index (κ3) is 39.4. The number of hydrogen-bond acceptors (Lipinski definition) is 2. The maximum absolute atomic E-state index is 12.5. The van der Waals surface area contributed by atoms with Gasteiger partial charge in [-0.1, -0.05) is 213 Å². The first kappa shape index (κ1) is 47.7. The Bertz CT molecular complexity index is 671. The molecule has 0 radical (unpaired) electrons. The summed E-state index contributed by atoms with van der Waals surface area (Å²) >= 11 is 0. The van der Waals surface area contributed by atoms with Gasteiger partial charge in [-0.2, -0.15) is 0 Å². The zero-order valence-corrected chi connectivity index (χ0v) is 33.8. The van der Waals surface area contributed by atoms with Crippen LogP contribution in [0, 0.1) is 0 Å². The average Bonchev–Trinajstić information content (AvgIpc) is 3.10. The van der Waals surface area contributed by atoms with Crippen molar-refractivity contribution in [2.45, 2.75) is 245 Å². The minimum atomic E-state index is -0.0458. The molecule has 0 saturated carbocycles. The Kier molecular flexibility index (Phi) is 40.1. The van der Waals surface area contributed by atoms with Gasteiger partial charge in [-0.15, -0.1) is 0 Å². The molecule has 0 atom stereocenters. The van der Waals surface area contributed by atoms with Gasteiger partial charge in [0.15, 0.2) is 0 Å². The summed E-state index contributed by atoms with van der Waals surface area (Å²) in [7, 11) is 1.96. The van der Waals surface area contributed by atoms with Gasteiger partial charge in [0.25, 0.3) is 0 Å². The first-order chi connectivity index (χ1) is 24.1. The van der Waals surface area contributed by atoms with E-state index in [-0.39, 0.29) is 11.9 Å². The molecule has 0 aliphatic carbocycles. The summed E-state index contributed by atoms with van der Waals surface area (Å²) in [6, 6.07) is -0.0458. The van der Waals surface area contributed by atoms with Crippen molar-refractivity contribution in [1.82, 2.24) is 15.5 Å². The molecule has 0 heterocycles. The number of nitrogens with one attached hydrogen (secondary N) is 2. The van der Waals surface area contributed by atoms with Crippen molar-refractivity contribution >= 4 is 11.9 Å². The summed E-state index contributed by atoms with van der Waals surface area (Å²) in [5.74, 6) is 0.269. The Labute approximate surface area is 308 Å². The fourth-order valence-electron chi connectivity index (χ4n) is 6.93. The highest BCUT2D eigenvalue weighted by molar-refractivity contribution is 5.75. The van der Waals surface area contributed by atoms with Gasteiger partial charge < -0.3 is 15.5 Å². The van der Waals surface area contributed by atoms with Crippen LogP contribution in [-0.2, 0) is 4.79 Å². The lowest BCUT2D eigenvalue weighted by Crippen LogP contribution is -2.36. The van der Waals surface area contributed by atoms with Gasteiger partial charge in [-0.05, 0) is 25.7 Å². The topological polar surface area (TPSA) is 61.4 Å². The average molecular weight is 692 g/mol. The zero-order valence-electron chi connectivity index (χ0n) is 33.8. The van der Waals surface area contributed by atoms with Crippen LogP contribution in [0.15, 0.2) is 0 Å². The van der Waals surface area contributed by atoms with E-state index in [2.05, 4.69) is 24.5 Å². The fraction of sp³-hybridized carbons (Fsp3) is 0.955. The summed E-state index contributed by atoms with van der Waals surface area (Å²) in [6.07, 6.45) is 47.3. The van der Waals surface area contributed by atoms with Gasteiger partial charge in [0.05, 0.1) is 0 Å². The predicted octanol–water partition coefficient (Wildman–Crippen LogP) is 13.8. The molecule has 49 heavy (non-hydrogen) atoms. The van der Waals surface area contributed by atoms with Gasteiger partial charge >= 0.3 is 6.03 Å². The highest BCUT2D eigenvalue weighted by Gasteiger charge is 2.08. The minimum Gasteiger partial charge on any atom is -0.346 e. The van der Waals surface area contributed by atoms with Crippen LogP contribution in [-0.4, -0.2) is 43.5 Å². The van der Waals surface area contributed by atoms with E-state index < -0.39 is 0 Å². The molecule has 0 aliphatic rings. The third-order valence-corrected chi connectivity index (χ3v) is 10.4. The van der Waals surface area contributed by atoms with Crippen molar-refractivity contribution in [3.05, 3.63) is 0 Å². The standard InChI is InChI=1S/C44H89N3O2/c1-4-6-8-10-12-14-16-18-20-22-24-26-28-30-32-36-40-45-44(49)46-41-37-34-35-39-43(48)47(3)42-38-33-31-29-27-25-23-21-19-17-15-13-11-9-7-5-2/h4-42H2,1-3H3,(H2,45,46,49). The second-order valence-electron chi connectivity index (χ2n) is 15.4. The molecule has 292 valence electrons. The van der Waals surface area contributed by atoms with E-state index in [1.165, 1.54) is 193 Å². The quantitative estimate of drug-likeness (QED) is 0.0628. The molecule has 5 nitrogen and oxygen atoms in total. The Balaban J connectivity index is 3.34. The second kappa shape index (κ2) is 41.2. The molecule has 0 aromatic heterocycles. The van der Waals surface area contributed by atoms with Crippen LogP contribution in [0.5, 0.6) is 0 Å². The number of carbonyl (C=O) groups excluding carboxylic acids is 2. The fourth-order valence-corrected chi connectivity index (χ4v) is 6.93. The Morgan fingerprint density at radius 3 is 0.959 bits per heavy atom. The van der Waals surface area contributed by atoms with Crippen LogP contribution in [0.25, 0.3) is 0 Å². The van der Waals surface area contributed by atoms with Crippen LogP contribution in [0.4, 0.5) is 4.79 Å². The molecule has 0 aromatic carbocycles. The molecule has 0 fully saturated rings. The number of amides is 3. The highest BCUT2D eigenvalue weighted by Crippen LogP contribution is 2.15. The third-order valence-electron chi connectivity index (χ3n) is 10.4. The van der Waals surface area contributed by atoms with Crippen molar-refractivity contribution < 1.29 is 9.59 Å². The van der Waals surface area contributed by atoms with Crippen molar-refractivity contribution in [2.75, 3.05) is 26.7 Å². The Hall–Kier alpha value is -1.26. The van der Waals surface area contributed by atoms with E-state index in [1.54, 1.807) is 0 Å². The van der Waals surface area contributed by atoms with E-state index in [4.69, 9.17) is 0 Å². The zero-order chi connectivity index (χ0) is 35.7. The molecule has 0 unspecified atom stereocenters. The summed E-state index contributed by atoms with van der Waals surface area (Å²) in [6.45, 7) is 6.92. The van der Waals surface area contributed by atoms with Crippen LogP contribution >= 0.6 is 0 Å². The number of carbonyl (C=O) groups is 2. The lowest BCUT2D eigenvalue weighted by molar-refractivity contribution is -0.130. The maximum Gasteiger partial charge on any atom is 0.314 e. The Morgan fingerprint density at radius 2 is 0.633 bits per heavy atom. The van der Waals surface area contributed by atoms with E-state index in [0.29, 0.717) is 13.0 Å². The van der Waals surface area contributed by atoms with Crippen LogP contribution in [0.3, 0.4) is 0 Å². The first-order valence-corrected chi connectivity index (χ1v) is 22.4. The molecular formula is C44H89N3O2. The summed E-state index contributed by atoms with van der Waals surface area (Å²) < 4.78 is 0. The maximum atomic E-state index is 12.5. The summed E-state index contributed by atoms with van der Waals surface area (Å²) in [5.41, 5.74) is 0. The van der Waals surface area contributed by atoms with Gasteiger partial charge in [0, 0.05) is 33.1 Å². The van der Waals surface area contributed by atoms with Gasteiger partial charge in [-0.25, -0.2) is 4.79 Å². The Morgan fingerprint density at radius 1 is 0.367 bits per heavy atom. The summed E-state index contributed by atoms with van der Waals surface area (Å²) in [4.78, 5) is 26.4. The molecular weight excluding hydrogens is 603 g/mol. The van der Waals surface area contributed by atoms with E-state index in [0.717, 1.165) is 45.2 Å². The number of unbranched alkanes of at least 4 members (excludes halogenated alkanes) is 32. The lowest BCUT2D eigenvalue weighted by Gasteiger charge is -2.17. The van der Waals surface area contributed by atoms with Crippen molar-refractivity contribution in [3.63, 3.8) is 0 Å². The monoisotopic (exact) mass is 692 g/mol. The lowest BCUT2D eigenvalue weighted by atomic mass is 10.0. The van der Waals surface area contributed by atoms with Crippen molar-refractivity contribution in [1.29, 1.82) is 0 Å². The van der Waals surface area contributed by atoms with Crippen LogP contribution in [0.1, 0.15) is 245 Å².